The molecule has 2 nitrogen and oxygen atoms in total. The monoisotopic (exact) mass is 356 g/mol. The van der Waals surface area contributed by atoms with Crippen molar-refractivity contribution in [2.45, 2.75) is 6.42 Å². The van der Waals surface area contributed by atoms with E-state index in [1.807, 2.05) is 0 Å². The van der Waals surface area contributed by atoms with E-state index in [4.69, 9.17) is 16.3 Å². The highest BCUT2D eigenvalue weighted by molar-refractivity contribution is 9.10. The first-order valence-corrected chi connectivity index (χ1v) is 6.99. The van der Waals surface area contributed by atoms with Crippen LogP contribution in [0.4, 0.5) is 4.39 Å². The molecule has 0 amide bonds. The quantitative estimate of drug-likeness (QED) is 0.743. The molecule has 2 aromatic rings. The minimum atomic E-state index is -0.595. The van der Waals surface area contributed by atoms with Gasteiger partial charge < -0.3 is 4.74 Å². The van der Waals surface area contributed by atoms with E-state index < -0.39 is 5.82 Å². The number of carbonyl (C=O) groups excluding carboxylic acids is 1. The summed E-state index contributed by atoms with van der Waals surface area (Å²) in [5.41, 5.74) is 0.941. The van der Waals surface area contributed by atoms with Gasteiger partial charge in [0.2, 0.25) is 0 Å². The van der Waals surface area contributed by atoms with E-state index in [0.717, 1.165) is 10.0 Å². The molecule has 0 fully saturated rings. The molecule has 2 aromatic carbocycles. The van der Waals surface area contributed by atoms with Gasteiger partial charge in [-0.1, -0.05) is 33.6 Å². The molecule has 0 heterocycles. The fraction of sp³-hybridized carbons (Fsp3) is 0.133. The highest BCUT2D eigenvalue weighted by Gasteiger charge is 2.15. The average Bonchev–Trinajstić information content (AvgIpc) is 2.44. The van der Waals surface area contributed by atoms with Crippen LogP contribution < -0.4 is 4.74 Å². The van der Waals surface area contributed by atoms with Gasteiger partial charge in [0.1, 0.15) is 11.6 Å². The van der Waals surface area contributed by atoms with Crippen LogP contribution in [-0.2, 0) is 6.42 Å². The van der Waals surface area contributed by atoms with Gasteiger partial charge in [0.05, 0.1) is 12.1 Å². The minimum absolute atomic E-state index is 0.112. The first-order chi connectivity index (χ1) is 9.52. The number of ether oxygens (including phenoxy) is 1. The molecular formula is C15H11BrClFO2. The maximum absolute atomic E-state index is 13.4. The van der Waals surface area contributed by atoms with Crippen molar-refractivity contribution in [1.29, 1.82) is 0 Å². The summed E-state index contributed by atoms with van der Waals surface area (Å²) < 4.78 is 19.3. The van der Waals surface area contributed by atoms with Crippen LogP contribution in [-0.4, -0.2) is 12.9 Å². The molecule has 0 atom stereocenters. The van der Waals surface area contributed by atoms with Gasteiger partial charge in [0.25, 0.3) is 0 Å². The van der Waals surface area contributed by atoms with Gasteiger partial charge in [-0.05, 0) is 35.9 Å². The number of rotatable bonds is 4. The summed E-state index contributed by atoms with van der Waals surface area (Å²) >= 11 is 9.20. The van der Waals surface area contributed by atoms with E-state index >= 15 is 0 Å². The second-order valence-corrected chi connectivity index (χ2v) is 5.39. The van der Waals surface area contributed by atoms with Crippen molar-refractivity contribution in [2.24, 2.45) is 0 Å². The lowest BCUT2D eigenvalue weighted by molar-refractivity contribution is 0.0992. The Labute approximate surface area is 129 Å². The molecule has 0 bridgehead atoms. The summed E-state index contributed by atoms with van der Waals surface area (Å²) in [5, 5.41) is -0.142. The fourth-order valence-corrected chi connectivity index (χ4v) is 2.42. The smallest absolute Gasteiger partial charge is 0.168 e. The predicted octanol–water partition coefficient (Wildman–Crippen LogP) is 4.68. The molecule has 0 spiro atoms. The number of hydrogen-bond donors (Lipinski definition) is 0. The lowest BCUT2D eigenvalue weighted by Gasteiger charge is -2.08. The topological polar surface area (TPSA) is 26.3 Å². The molecule has 0 radical (unpaired) electrons. The van der Waals surface area contributed by atoms with Crippen LogP contribution in [0.25, 0.3) is 0 Å². The second-order valence-electron chi connectivity index (χ2n) is 4.16. The largest absolute Gasteiger partial charge is 0.497 e. The van der Waals surface area contributed by atoms with Crippen LogP contribution >= 0.6 is 27.5 Å². The molecule has 0 unspecified atom stereocenters. The number of hydrogen-bond acceptors (Lipinski definition) is 2. The molecule has 0 saturated carbocycles. The molecule has 0 N–H and O–H groups in total. The van der Waals surface area contributed by atoms with Gasteiger partial charge in [-0.3, -0.25) is 4.79 Å². The normalized spacial score (nSPS) is 10.4. The second kappa shape index (κ2) is 6.37. The third kappa shape index (κ3) is 3.19. The van der Waals surface area contributed by atoms with Crippen molar-refractivity contribution in [3.05, 3.63) is 62.8 Å². The highest BCUT2D eigenvalue weighted by Crippen LogP contribution is 2.26. The Bertz CT molecular complexity index is 658. The lowest BCUT2D eigenvalue weighted by Crippen LogP contribution is -2.06. The van der Waals surface area contributed by atoms with Gasteiger partial charge >= 0.3 is 0 Å². The summed E-state index contributed by atoms with van der Waals surface area (Å²) in [6.07, 6.45) is 0.112. The van der Waals surface area contributed by atoms with E-state index in [-0.39, 0.29) is 22.8 Å². The number of halogens is 3. The van der Waals surface area contributed by atoms with Gasteiger partial charge in [0.15, 0.2) is 5.78 Å². The van der Waals surface area contributed by atoms with Crippen LogP contribution in [0.2, 0.25) is 5.02 Å². The summed E-state index contributed by atoms with van der Waals surface area (Å²) in [6, 6.07) is 9.55. The maximum Gasteiger partial charge on any atom is 0.168 e. The Kier molecular flexibility index (Phi) is 4.78. The van der Waals surface area contributed by atoms with Crippen LogP contribution in [0.3, 0.4) is 0 Å². The number of carbonyl (C=O) groups is 1. The van der Waals surface area contributed by atoms with Crippen molar-refractivity contribution in [1.82, 2.24) is 0 Å². The summed E-state index contributed by atoms with van der Waals surface area (Å²) in [5.74, 6) is -0.188. The maximum atomic E-state index is 13.4. The molecule has 0 aromatic heterocycles. The van der Waals surface area contributed by atoms with Crippen molar-refractivity contribution in [3.63, 3.8) is 0 Å². The third-order valence-electron chi connectivity index (χ3n) is 2.86. The highest BCUT2D eigenvalue weighted by atomic mass is 79.9. The van der Waals surface area contributed by atoms with E-state index in [1.165, 1.54) is 18.2 Å². The van der Waals surface area contributed by atoms with Gasteiger partial charge in [-0.2, -0.15) is 0 Å². The van der Waals surface area contributed by atoms with Crippen molar-refractivity contribution >= 4 is 33.3 Å². The molecule has 0 aliphatic heterocycles. The molecule has 104 valence electrons. The molecule has 0 saturated heterocycles. The molecule has 0 aliphatic rings. The van der Waals surface area contributed by atoms with Crippen molar-refractivity contribution < 1.29 is 13.9 Å². The number of benzene rings is 2. The molecule has 0 aliphatic carbocycles. The van der Waals surface area contributed by atoms with Crippen molar-refractivity contribution in [2.75, 3.05) is 7.11 Å². The lowest BCUT2D eigenvalue weighted by atomic mass is 10.0. The summed E-state index contributed by atoms with van der Waals surface area (Å²) in [7, 11) is 1.55. The standard InChI is InChI=1S/C15H11BrClFO2/c1-20-10-5-6-12(16)9(7-10)8-14(19)11-3-2-4-13(18)15(11)17/h2-7H,8H2,1H3. The minimum Gasteiger partial charge on any atom is -0.497 e. The van der Waals surface area contributed by atoms with Crippen LogP contribution in [0.1, 0.15) is 15.9 Å². The summed E-state index contributed by atoms with van der Waals surface area (Å²) in [6.45, 7) is 0. The Balaban J connectivity index is 2.30. The zero-order chi connectivity index (χ0) is 14.7. The van der Waals surface area contributed by atoms with Crippen LogP contribution in [0.15, 0.2) is 40.9 Å². The Morgan fingerprint density at radius 2 is 2.10 bits per heavy atom. The van der Waals surface area contributed by atoms with Crippen molar-refractivity contribution in [3.8, 4) is 5.75 Å². The SMILES string of the molecule is COc1ccc(Br)c(CC(=O)c2cccc(F)c2Cl)c1. The van der Waals surface area contributed by atoms with Crippen LogP contribution in [0.5, 0.6) is 5.75 Å². The fourth-order valence-electron chi connectivity index (χ4n) is 1.80. The number of ketones is 1. The predicted molar refractivity (Wildman–Crippen MR) is 80.1 cm³/mol. The molecule has 5 heteroatoms. The van der Waals surface area contributed by atoms with E-state index in [1.54, 1.807) is 25.3 Å². The van der Waals surface area contributed by atoms with Crippen LogP contribution in [0, 0.1) is 5.82 Å². The zero-order valence-corrected chi connectivity index (χ0v) is 13.0. The number of Topliss-reactive ketones (excluding diaryl/α,β-unsaturated/α-hetero) is 1. The Morgan fingerprint density at radius 1 is 1.35 bits per heavy atom. The molecular weight excluding hydrogens is 347 g/mol. The summed E-state index contributed by atoms with van der Waals surface area (Å²) in [4.78, 5) is 12.2. The van der Waals surface area contributed by atoms with Gasteiger partial charge in [-0.25, -0.2) is 4.39 Å². The third-order valence-corrected chi connectivity index (χ3v) is 4.01. The first-order valence-electron chi connectivity index (χ1n) is 5.82. The Morgan fingerprint density at radius 3 is 2.80 bits per heavy atom. The first kappa shape index (κ1) is 15.0. The Hall–Kier alpha value is -1.39. The van der Waals surface area contributed by atoms with E-state index in [2.05, 4.69) is 15.9 Å². The number of methoxy groups -OCH3 is 1. The average molecular weight is 358 g/mol. The van der Waals surface area contributed by atoms with E-state index in [0.29, 0.717) is 5.75 Å². The van der Waals surface area contributed by atoms with Gasteiger partial charge in [-0.15, -0.1) is 0 Å². The van der Waals surface area contributed by atoms with E-state index in [9.17, 15) is 9.18 Å². The molecule has 20 heavy (non-hydrogen) atoms. The molecule has 2 rings (SSSR count). The zero-order valence-electron chi connectivity index (χ0n) is 10.6. The van der Waals surface area contributed by atoms with Gasteiger partial charge in [0, 0.05) is 16.5 Å².